The van der Waals surface area contributed by atoms with Gasteiger partial charge in [-0.15, -0.1) is 0 Å². The van der Waals surface area contributed by atoms with E-state index in [0.29, 0.717) is 6.04 Å². The fourth-order valence-electron chi connectivity index (χ4n) is 4.08. The fraction of sp³-hybridized carbons (Fsp3) is 0.941. The summed E-state index contributed by atoms with van der Waals surface area (Å²) in [6, 6.07) is 0.588. The van der Waals surface area contributed by atoms with Crippen molar-refractivity contribution in [3.8, 4) is 0 Å². The van der Waals surface area contributed by atoms with Crippen molar-refractivity contribution in [1.29, 1.82) is 0 Å². The van der Waals surface area contributed by atoms with Gasteiger partial charge in [0.05, 0.1) is 19.3 Å². The molecule has 0 saturated carbocycles. The minimum Gasteiger partial charge on any atom is -0.390 e. The number of piperidine rings is 1. The van der Waals surface area contributed by atoms with E-state index in [0.717, 1.165) is 85.0 Å². The quantitative estimate of drug-likeness (QED) is 0.732. The number of aliphatic hydroxyl groups is 1. The normalized spacial score (nSPS) is 26.3. The Balaban J connectivity index is 1.38. The topological polar surface area (TPSA) is 59.5 Å². The number of ether oxygens (including phenoxy) is 1. The predicted octanol–water partition coefficient (Wildman–Crippen LogP) is -0.0986. The summed E-state index contributed by atoms with van der Waals surface area (Å²) in [4.78, 5) is 20.9. The molecule has 0 aliphatic carbocycles. The highest BCUT2D eigenvalue weighted by atomic mass is 16.5. The molecule has 7 heteroatoms. The highest BCUT2D eigenvalue weighted by Crippen LogP contribution is 2.21. The van der Waals surface area contributed by atoms with E-state index in [1.165, 1.54) is 0 Å². The maximum absolute atomic E-state index is 12.3. The molecule has 138 valence electrons. The number of aliphatic hydroxyl groups excluding tert-OH is 1. The molecule has 3 heterocycles. The van der Waals surface area contributed by atoms with Crippen LogP contribution in [0.2, 0.25) is 0 Å². The number of carbonyl (C=O) groups is 1. The molecule has 0 aromatic rings. The molecule has 0 bridgehead atoms. The molecule has 1 atom stereocenters. The van der Waals surface area contributed by atoms with Crippen LogP contribution in [-0.2, 0) is 4.74 Å². The van der Waals surface area contributed by atoms with Crippen molar-refractivity contribution in [3.05, 3.63) is 0 Å². The van der Waals surface area contributed by atoms with Gasteiger partial charge in [0.1, 0.15) is 0 Å². The van der Waals surface area contributed by atoms with Gasteiger partial charge in [0, 0.05) is 64.9 Å². The van der Waals surface area contributed by atoms with Gasteiger partial charge in [-0.1, -0.05) is 0 Å². The summed E-state index contributed by atoms with van der Waals surface area (Å²) in [6.45, 7) is 11.4. The van der Waals surface area contributed by atoms with E-state index in [4.69, 9.17) is 4.74 Å². The van der Waals surface area contributed by atoms with Crippen LogP contribution in [0, 0.1) is 0 Å². The number of morpholine rings is 1. The van der Waals surface area contributed by atoms with E-state index >= 15 is 0 Å². The zero-order valence-electron chi connectivity index (χ0n) is 14.9. The van der Waals surface area contributed by atoms with Crippen LogP contribution in [0.15, 0.2) is 0 Å². The smallest absolute Gasteiger partial charge is 0.320 e. The molecule has 7 nitrogen and oxygen atoms in total. The van der Waals surface area contributed by atoms with Gasteiger partial charge in [0.25, 0.3) is 0 Å². The van der Waals surface area contributed by atoms with Gasteiger partial charge in [-0.2, -0.15) is 0 Å². The lowest BCUT2D eigenvalue weighted by Gasteiger charge is -2.38. The van der Waals surface area contributed by atoms with Crippen LogP contribution in [0.3, 0.4) is 0 Å². The average Bonchev–Trinajstić information content (AvgIpc) is 2.97. The maximum Gasteiger partial charge on any atom is 0.320 e. The number of rotatable bonds is 6. The lowest BCUT2D eigenvalue weighted by molar-refractivity contribution is 0.00355. The number of hydrogen-bond donors (Lipinski definition) is 1. The first-order valence-corrected chi connectivity index (χ1v) is 9.43. The Morgan fingerprint density at radius 2 is 1.67 bits per heavy atom. The molecular weight excluding hydrogens is 308 g/mol. The van der Waals surface area contributed by atoms with Crippen molar-refractivity contribution in [2.45, 2.75) is 31.9 Å². The highest BCUT2D eigenvalue weighted by molar-refractivity contribution is 5.76. The van der Waals surface area contributed by atoms with Crippen molar-refractivity contribution in [1.82, 2.24) is 19.6 Å². The van der Waals surface area contributed by atoms with Crippen molar-refractivity contribution in [2.24, 2.45) is 0 Å². The standard InChI is InChI=1S/C17H32N4O3/c1-2-20-7-8-21(17(20)23)15-3-5-18(6-4-15)13-16(22)14-19-9-11-24-12-10-19/h15-16,22H,2-14H2,1H3. The second-order valence-electron chi connectivity index (χ2n) is 7.15. The molecule has 3 rings (SSSR count). The van der Waals surface area contributed by atoms with Crippen LogP contribution in [0.5, 0.6) is 0 Å². The van der Waals surface area contributed by atoms with E-state index in [1.807, 2.05) is 11.8 Å². The number of likely N-dealkylation sites (tertiary alicyclic amines) is 1. The summed E-state index contributed by atoms with van der Waals surface area (Å²) >= 11 is 0. The summed E-state index contributed by atoms with van der Waals surface area (Å²) in [5.74, 6) is 0. The Hall–Kier alpha value is -0.890. The van der Waals surface area contributed by atoms with E-state index in [-0.39, 0.29) is 12.1 Å². The van der Waals surface area contributed by atoms with Crippen LogP contribution in [0.25, 0.3) is 0 Å². The molecule has 3 saturated heterocycles. The Morgan fingerprint density at radius 1 is 1.04 bits per heavy atom. The third kappa shape index (κ3) is 4.39. The van der Waals surface area contributed by atoms with Gasteiger partial charge >= 0.3 is 6.03 Å². The fourth-order valence-corrected chi connectivity index (χ4v) is 4.08. The van der Waals surface area contributed by atoms with Gasteiger partial charge in [-0.05, 0) is 19.8 Å². The van der Waals surface area contributed by atoms with Gasteiger partial charge in [0.2, 0.25) is 0 Å². The second kappa shape index (κ2) is 8.47. The van der Waals surface area contributed by atoms with Crippen molar-refractivity contribution in [2.75, 3.05) is 72.1 Å². The summed E-state index contributed by atoms with van der Waals surface area (Å²) in [5, 5.41) is 10.3. The molecule has 3 fully saturated rings. The van der Waals surface area contributed by atoms with E-state index < -0.39 is 0 Å². The zero-order chi connectivity index (χ0) is 16.9. The monoisotopic (exact) mass is 340 g/mol. The Bertz CT molecular complexity index is 409. The second-order valence-corrected chi connectivity index (χ2v) is 7.15. The van der Waals surface area contributed by atoms with Gasteiger partial charge in [-0.3, -0.25) is 4.90 Å². The third-order valence-electron chi connectivity index (χ3n) is 5.55. The van der Waals surface area contributed by atoms with E-state index in [1.54, 1.807) is 0 Å². The molecule has 0 spiro atoms. The first-order valence-electron chi connectivity index (χ1n) is 9.43. The lowest BCUT2D eigenvalue weighted by atomic mass is 10.0. The highest BCUT2D eigenvalue weighted by Gasteiger charge is 2.34. The van der Waals surface area contributed by atoms with Crippen molar-refractivity contribution >= 4 is 6.03 Å². The Kier molecular flexibility index (Phi) is 6.32. The number of β-amino-alcohol motifs (C(OH)–C–C–N with tert-alkyl or cyclic N) is 1. The summed E-state index contributed by atoms with van der Waals surface area (Å²) in [7, 11) is 0. The number of hydrogen-bond acceptors (Lipinski definition) is 5. The molecule has 1 N–H and O–H groups in total. The first-order chi connectivity index (χ1) is 11.7. The van der Waals surface area contributed by atoms with E-state index in [2.05, 4.69) is 14.7 Å². The van der Waals surface area contributed by atoms with Crippen molar-refractivity contribution < 1.29 is 14.6 Å². The number of amides is 2. The van der Waals surface area contributed by atoms with Gasteiger partial charge in [-0.25, -0.2) is 4.79 Å². The van der Waals surface area contributed by atoms with Gasteiger partial charge < -0.3 is 24.5 Å². The molecule has 1 unspecified atom stereocenters. The van der Waals surface area contributed by atoms with Crippen LogP contribution < -0.4 is 0 Å². The molecule has 2 amide bonds. The lowest BCUT2D eigenvalue weighted by Crippen LogP contribution is -2.49. The molecule has 0 radical (unpaired) electrons. The Morgan fingerprint density at radius 3 is 2.25 bits per heavy atom. The first kappa shape index (κ1) is 17.9. The summed E-state index contributed by atoms with van der Waals surface area (Å²) < 4.78 is 5.35. The number of likely N-dealkylation sites (N-methyl/N-ethyl adjacent to an activating group) is 1. The molecule has 3 aliphatic heterocycles. The predicted molar refractivity (Wildman–Crippen MR) is 92.1 cm³/mol. The van der Waals surface area contributed by atoms with Crippen LogP contribution in [0.4, 0.5) is 4.79 Å². The largest absolute Gasteiger partial charge is 0.390 e. The minimum absolute atomic E-state index is 0.211. The zero-order valence-corrected chi connectivity index (χ0v) is 14.9. The number of nitrogens with zero attached hydrogens (tertiary/aromatic N) is 4. The molecule has 3 aliphatic rings. The van der Waals surface area contributed by atoms with Crippen LogP contribution >= 0.6 is 0 Å². The van der Waals surface area contributed by atoms with Crippen LogP contribution in [-0.4, -0.2) is 115 Å². The minimum atomic E-state index is -0.302. The molecule has 0 aromatic carbocycles. The van der Waals surface area contributed by atoms with E-state index in [9.17, 15) is 9.90 Å². The van der Waals surface area contributed by atoms with Crippen LogP contribution in [0.1, 0.15) is 19.8 Å². The van der Waals surface area contributed by atoms with Gasteiger partial charge in [0.15, 0.2) is 0 Å². The maximum atomic E-state index is 12.3. The molecule has 0 aromatic heterocycles. The summed E-state index contributed by atoms with van der Waals surface area (Å²) in [5.41, 5.74) is 0. The number of carbonyl (C=O) groups excluding carboxylic acids is 1. The molecule has 24 heavy (non-hydrogen) atoms. The number of urea groups is 1. The molecular formula is C17H32N4O3. The third-order valence-corrected chi connectivity index (χ3v) is 5.55. The van der Waals surface area contributed by atoms with Crippen molar-refractivity contribution in [3.63, 3.8) is 0 Å². The average molecular weight is 340 g/mol. The summed E-state index contributed by atoms with van der Waals surface area (Å²) in [6.07, 6.45) is 1.74. The SMILES string of the molecule is CCN1CCN(C2CCN(CC(O)CN3CCOCC3)CC2)C1=O. The Labute approximate surface area is 145 Å².